The Balaban J connectivity index is 2.22. The fraction of sp³-hybridized carbons (Fsp3) is 0.111. The van der Waals surface area contributed by atoms with Gasteiger partial charge in [-0.25, -0.2) is 0 Å². The predicted molar refractivity (Wildman–Crippen MR) is 82.3 cm³/mol. The average Bonchev–Trinajstić information content (AvgIpc) is 2.53. The molecule has 0 spiro atoms. The van der Waals surface area contributed by atoms with Crippen LogP contribution in [0.2, 0.25) is 0 Å². The van der Waals surface area contributed by atoms with E-state index in [0.29, 0.717) is 16.9 Å². The summed E-state index contributed by atoms with van der Waals surface area (Å²) in [6, 6.07) is 14.6. The van der Waals surface area contributed by atoms with Crippen LogP contribution in [0.5, 0.6) is 5.75 Å². The van der Waals surface area contributed by atoms with Crippen molar-refractivity contribution in [3.05, 3.63) is 70.8 Å². The number of rotatable bonds is 4. The normalized spacial score (nSPS) is 10.3. The third-order valence-electron chi connectivity index (χ3n) is 3.09. The van der Waals surface area contributed by atoms with Crippen molar-refractivity contribution >= 4 is 11.9 Å². The second-order valence-electron chi connectivity index (χ2n) is 4.64. The van der Waals surface area contributed by atoms with Crippen LogP contribution in [0.25, 0.3) is 6.08 Å². The molecule has 0 aliphatic carbocycles. The van der Waals surface area contributed by atoms with E-state index in [2.05, 4.69) is 6.07 Å². The number of ketones is 1. The number of hydrogen-bond donors (Lipinski definition) is 0. The van der Waals surface area contributed by atoms with Crippen molar-refractivity contribution in [2.75, 3.05) is 7.11 Å². The molecule has 21 heavy (non-hydrogen) atoms. The van der Waals surface area contributed by atoms with Gasteiger partial charge in [-0.1, -0.05) is 29.8 Å². The van der Waals surface area contributed by atoms with Gasteiger partial charge in [-0.15, -0.1) is 0 Å². The van der Waals surface area contributed by atoms with E-state index in [4.69, 9.17) is 10.00 Å². The Hall–Kier alpha value is -2.86. The smallest absolute Gasteiger partial charge is 0.189 e. The van der Waals surface area contributed by atoms with Crippen LogP contribution < -0.4 is 4.74 Å². The molecule has 0 fully saturated rings. The van der Waals surface area contributed by atoms with E-state index >= 15 is 0 Å². The van der Waals surface area contributed by atoms with Gasteiger partial charge in [-0.3, -0.25) is 4.79 Å². The molecule has 0 radical (unpaired) electrons. The molecule has 0 bridgehead atoms. The summed E-state index contributed by atoms with van der Waals surface area (Å²) < 4.78 is 5.21. The number of carbonyl (C=O) groups is 1. The Morgan fingerprint density at radius 2 is 1.90 bits per heavy atom. The van der Waals surface area contributed by atoms with E-state index in [-0.39, 0.29) is 5.78 Å². The van der Waals surface area contributed by atoms with Crippen molar-refractivity contribution in [1.82, 2.24) is 0 Å². The third kappa shape index (κ3) is 3.58. The van der Waals surface area contributed by atoms with Gasteiger partial charge in [-0.05, 0) is 42.8 Å². The molecule has 2 aromatic carbocycles. The van der Waals surface area contributed by atoms with E-state index in [1.54, 1.807) is 43.5 Å². The Bertz CT molecular complexity index is 722. The molecular weight excluding hydrogens is 262 g/mol. The summed E-state index contributed by atoms with van der Waals surface area (Å²) in [7, 11) is 1.55. The zero-order chi connectivity index (χ0) is 15.2. The molecule has 0 atom stereocenters. The highest BCUT2D eigenvalue weighted by molar-refractivity contribution is 6.08. The summed E-state index contributed by atoms with van der Waals surface area (Å²) in [5.74, 6) is 0.454. The number of carbonyl (C=O) groups excluding carboxylic acids is 1. The first-order chi connectivity index (χ1) is 10.1. The molecule has 3 nitrogen and oxygen atoms in total. The van der Waals surface area contributed by atoms with Crippen LogP contribution in [-0.4, -0.2) is 12.9 Å². The SMILES string of the molecule is COc1ccc(C)cc1C(=O)C=Cc1ccc(C#N)cc1. The van der Waals surface area contributed by atoms with E-state index < -0.39 is 0 Å². The van der Waals surface area contributed by atoms with Crippen molar-refractivity contribution in [3.63, 3.8) is 0 Å². The van der Waals surface area contributed by atoms with E-state index in [0.717, 1.165) is 11.1 Å². The Kier molecular flexibility index (Phi) is 4.53. The molecule has 2 aromatic rings. The van der Waals surface area contributed by atoms with Gasteiger partial charge in [0.15, 0.2) is 5.78 Å². The first kappa shape index (κ1) is 14.5. The van der Waals surface area contributed by atoms with Crippen LogP contribution >= 0.6 is 0 Å². The fourth-order valence-corrected chi connectivity index (χ4v) is 1.94. The number of benzene rings is 2. The van der Waals surface area contributed by atoms with E-state index in [1.807, 2.05) is 19.1 Å². The van der Waals surface area contributed by atoms with Crippen molar-refractivity contribution in [2.45, 2.75) is 6.92 Å². The van der Waals surface area contributed by atoms with Gasteiger partial charge < -0.3 is 4.74 Å². The number of methoxy groups -OCH3 is 1. The topological polar surface area (TPSA) is 50.1 Å². The second-order valence-corrected chi connectivity index (χ2v) is 4.64. The minimum Gasteiger partial charge on any atom is -0.496 e. The van der Waals surface area contributed by atoms with Gasteiger partial charge >= 0.3 is 0 Å². The van der Waals surface area contributed by atoms with Gasteiger partial charge in [0.25, 0.3) is 0 Å². The zero-order valence-corrected chi connectivity index (χ0v) is 12.0. The molecule has 0 heterocycles. The first-order valence-corrected chi connectivity index (χ1v) is 6.51. The predicted octanol–water partition coefficient (Wildman–Crippen LogP) is 3.77. The summed E-state index contributed by atoms with van der Waals surface area (Å²) in [4.78, 5) is 12.3. The summed E-state index contributed by atoms with van der Waals surface area (Å²) in [5.41, 5.74) is 3.01. The summed E-state index contributed by atoms with van der Waals surface area (Å²) in [6.07, 6.45) is 3.24. The van der Waals surface area contributed by atoms with Crippen LogP contribution in [0.4, 0.5) is 0 Å². The monoisotopic (exact) mass is 277 g/mol. The lowest BCUT2D eigenvalue weighted by Gasteiger charge is -2.06. The van der Waals surface area contributed by atoms with Crippen LogP contribution in [0.1, 0.15) is 27.0 Å². The maximum atomic E-state index is 12.3. The number of hydrogen-bond acceptors (Lipinski definition) is 3. The Morgan fingerprint density at radius 1 is 1.19 bits per heavy atom. The largest absolute Gasteiger partial charge is 0.496 e. The molecule has 104 valence electrons. The Morgan fingerprint density at radius 3 is 2.52 bits per heavy atom. The Labute approximate surface area is 124 Å². The number of nitrogens with zero attached hydrogens (tertiary/aromatic N) is 1. The molecule has 0 unspecified atom stereocenters. The van der Waals surface area contributed by atoms with Crippen molar-refractivity contribution < 1.29 is 9.53 Å². The summed E-state index contributed by atoms with van der Waals surface area (Å²) in [5, 5.41) is 8.74. The lowest BCUT2D eigenvalue weighted by molar-refractivity contribution is 0.104. The van der Waals surface area contributed by atoms with Gasteiger partial charge in [0.1, 0.15) is 5.75 Å². The molecule has 0 saturated heterocycles. The number of ether oxygens (including phenoxy) is 1. The van der Waals surface area contributed by atoms with Gasteiger partial charge in [0, 0.05) is 0 Å². The maximum absolute atomic E-state index is 12.3. The highest BCUT2D eigenvalue weighted by Crippen LogP contribution is 2.21. The van der Waals surface area contributed by atoms with Crippen LogP contribution in [0, 0.1) is 18.3 Å². The van der Waals surface area contributed by atoms with Crippen LogP contribution in [0.15, 0.2) is 48.5 Å². The highest BCUT2D eigenvalue weighted by Gasteiger charge is 2.09. The average molecular weight is 277 g/mol. The van der Waals surface area contributed by atoms with E-state index in [9.17, 15) is 4.79 Å². The second kappa shape index (κ2) is 6.53. The quantitative estimate of drug-likeness (QED) is 0.631. The highest BCUT2D eigenvalue weighted by atomic mass is 16.5. The number of nitriles is 1. The van der Waals surface area contributed by atoms with Crippen LogP contribution in [0.3, 0.4) is 0 Å². The molecular formula is C18H15NO2. The number of allylic oxidation sites excluding steroid dienone is 1. The zero-order valence-electron chi connectivity index (χ0n) is 12.0. The molecule has 2 rings (SSSR count). The minimum atomic E-state index is -0.111. The molecule has 0 aliphatic heterocycles. The standard InChI is InChI=1S/C18H15NO2/c1-13-3-10-18(21-2)16(11-13)17(20)9-8-14-4-6-15(12-19)7-5-14/h3-11H,1-2H3. The minimum absolute atomic E-state index is 0.111. The molecule has 0 N–H and O–H groups in total. The van der Waals surface area contributed by atoms with Crippen LogP contribution in [-0.2, 0) is 0 Å². The summed E-state index contributed by atoms with van der Waals surface area (Å²) >= 11 is 0. The van der Waals surface area contributed by atoms with Gasteiger partial charge in [0.05, 0.1) is 24.3 Å². The molecule has 0 amide bonds. The van der Waals surface area contributed by atoms with Crippen molar-refractivity contribution in [1.29, 1.82) is 5.26 Å². The molecule has 0 aromatic heterocycles. The van der Waals surface area contributed by atoms with Crippen molar-refractivity contribution in [2.24, 2.45) is 0 Å². The van der Waals surface area contributed by atoms with Gasteiger partial charge in [0.2, 0.25) is 0 Å². The summed E-state index contributed by atoms with van der Waals surface area (Å²) in [6.45, 7) is 1.93. The third-order valence-corrected chi connectivity index (χ3v) is 3.09. The lowest BCUT2D eigenvalue weighted by Crippen LogP contribution is -1.99. The van der Waals surface area contributed by atoms with Gasteiger partial charge in [-0.2, -0.15) is 5.26 Å². The fourth-order valence-electron chi connectivity index (χ4n) is 1.94. The van der Waals surface area contributed by atoms with Crippen molar-refractivity contribution in [3.8, 4) is 11.8 Å². The molecule has 0 aliphatic rings. The molecule has 0 saturated carbocycles. The first-order valence-electron chi connectivity index (χ1n) is 6.51. The lowest BCUT2D eigenvalue weighted by atomic mass is 10.0. The maximum Gasteiger partial charge on any atom is 0.189 e. The van der Waals surface area contributed by atoms with E-state index in [1.165, 1.54) is 6.08 Å². The number of aryl methyl sites for hydroxylation is 1. The molecule has 3 heteroatoms.